The number of nitrogens with zero attached hydrogens (tertiary/aromatic N) is 2. The zero-order valence-corrected chi connectivity index (χ0v) is 15.5. The molecule has 0 aromatic heterocycles. The first-order chi connectivity index (χ1) is 12.1. The molecule has 0 aliphatic carbocycles. The van der Waals surface area contributed by atoms with Gasteiger partial charge in [0, 0.05) is 25.0 Å². The van der Waals surface area contributed by atoms with Gasteiger partial charge >= 0.3 is 0 Å². The summed E-state index contributed by atoms with van der Waals surface area (Å²) in [6, 6.07) is 7.67. The van der Waals surface area contributed by atoms with Crippen molar-refractivity contribution in [1.29, 1.82) is 0 Å². The van der Waals surface area contributed by atoms with E-state index in [1.807, 2.05) is 18.2 Å². The van der Waals surface area contributed by atoms with E-state index in [-0.39, 0.29) is 23.9 Å². The first-order valence-electron chi connectivity index (χ1n) is 9.10. The molecule has 3 rings (SSSR count). The molecule has 2 aliphatic heterocycles. The van der Waals surface area contributed by atoms with Crippen LogP contribution in [0.2, 0.25) is 5.02 Å². The predicted octanol–water partition coefficient (Wildman–Crippen LogP) is 2.60. The fourth-order valence-corrected chi connectivity index (χ4v) is 4.15. The van der Waals surface area contributed by atoms with Crippen molar-refractivity contribution in [2.45, 2.75) is 44.7 Å². The Bertz CT molecular complexity index is 631. The van der Waals surface area contributed by atoms with Crippen molar-refractivity contribution < 1.29 is 9.59 Å². The van der Waals surface area contributed by atoms with Gasteiger partial charge in [0.15, 0.2) is 0 Å². The number of amides is 2. The lowest BCUT2D eigenvalue weighted by atomic mass is 10.1. The van der Waals surface area contributed by atoms with Gasteiger partial charge in [0.05, 0.1) is 6.04 Å². The Labute approximate surface area is 154 Å². The summed E-state index contributed by atoms with van der Waals surface area (Å²) >= 11 is 6.17. The molecule has 0 radical (unpaired) electrons. The lowest BCUT2D eigenvalue weighted by Crippen LogP contribution is -2.47. The first-order valence-corrected chi connectivity index (χ1v) is 9.48. The Balaban J connectivity index is 1.68. The van der Waals surface area contributed by atoms with Crippen LogP contribution >= 0.6 is 11.6 Å². The normalized spacial score (nSPS) is 22.2. The molecule has 2 aliphatic rings. The molecule has 2 unspecified atom stereocenters. The van der Waals surface area contributed by atoms with Crippen molar-refractivity contribution in [3.05, 3.63) is 34.9 Å². The van der Waals surface area contributed by atoms with E-state index in [0.717, 1.165) is 31.5 Å². The number of carbonyl (C=O) groups is 2. The average molecular weight is 364 g/mol. The smallest absolute Gasteiger partial charge is 0.242 e. The number of halogens is 1. The van der Waals surface area contributed by atoms with Gasteiger partial charge < -0.3 is 10.2 Å². The SMILES string of the molecule is CC(=O)N1CCCC1C(=O)NCC(c1cccc(Cl)c1)N1CCCC1. The molecule has 25 heavy (non-hydrogen) atoms. The zero-order chi connectivity index (χ0) is 17.8. The lowest BCUT2D eigenvalue weighted by Gasteiger charge is -2.29. The molecule has 0 spiro atoms. The van der Waals surface area contributed by atoms with E-state index in [0.29, 0.717) is 18.1 Å². The van der Waals surface area contributed by atoms with Crippen LogP contribution in [-0.2, 0) is 9.59 Å². The van der Waals surface area contributed by atoms with Gasteiger partial charge in [0.25, 0.3) is 0 Å². The molecule has 2 fully saturated rings. The molecule has 2 heterocycles. The third-order valence-electron chi connectivity index (χ3n) is 5.24. The number of nitrogens with one attached hydrogen (secondary N) is 1. The fraction of sp³-hybridized carbons (Fsp3) is 0.579. The summed E-state index contributed by atoms with van der Waals surface area (Å²) in [6.07, 6.45) is 4.01. The average Bonchev–Trinajstić information content (AvgIpc) is 3.27. The number of rotatable bonds is 5. The Morgan fingerprint density at radius 3 is 2.68 bits per heavy atom. The zero-order valence-electron chi connectivity index (χ0n) is 14.7. The molecule has 0 bridgehead atoms. The van der Waals surface area contributed by atoms with Gasteiger partial charge in [-0.1, -0.05) is 23.7 Å². The van der Waals surface area contributed by atoms with Crippen LogP contribution in [0.5, 0.6) is 0 Å². The number of benzene rings is 1. The number of hydrogen-bond donors (Lipinski definition) is 1. The van der Waals surface area contributed by atoms with Crippen molar-refractivity contribution in [2.24, 2.45) is 0 Å². The molecule has 2 saturated heterocycles. The second-order valence-corrected chi connectivity index (χ2v) is 7.37. The van der Waals surface area contributed by atoms with E-state index >= 15 is 0 Å². The van der Waals surface area contributed by atoms with Crippen LogP contribution in [0.1, 0.15) is 44.2 Å². The van der Waals surface area contributed by atoms with Crippen LogP contribution in [0.15, 0.2) is 24.3 Å². The highest BCUT2D eigenvalue weighted by Crippen LogP contribution is 2.27. The second kappa shape index (κ2) is 8.19. The van der Waals surface area contributed by atoms with Gasteiger partial charge in [-0.25, -0.2) is 0 Å². The molecule has 136 valence electrons. The van der Waals surface area contributed by atoms with Gasteiger partial charge in [-0.3, -0.25) is 14.5 Å². The minimum absolute atomic E-state index is 0.0245. The fourth-order valence-electron chi connectivity index (χ4n) is 3.96. The van der Waals surface area contributed by atoms with Crippen molar-refractivity contribution >= 4 is 23.4 Å². The van der Waals surface area contributed by atoms with E-state index in [4.69, 9.17) is 11.6 Å². The van der Waals surface area contributed by atoms with E-state index in [2.05, 4.69) is 16.3 Å². The predicted molar refractivity (Wildman–Crippen MR) is 98.4 cm³/mol. The molecule has 2 atom stereocenters. The van der Waals surface area contributed by atoms with E-state index < -0.39 is 0 Å². The van der Waals surface area contributed by atoms with Crippen LogP contribution in [0, 0.1) is 0 Å². The van der Waals surface area contributed by atoms with Gasteiger partial charge in [0.2, 0.25) is 11.8 Å². The highest BCUT2D eigenvalue weighted by molar-refractivity contribution is 6.30. The topological polar surface area (TPSA) is 52.7 Å². The molecule has 1 N–H and O–H groups in total. The third-order valence-corrected chi connectivity index (χ3v) is 5.48. The monoisotopic (exact) mass is 363 g/mol. The summed E-state index contributed by atoms with van der Waals surface area (Å²) in [6.45, 7) is 4.83. The molecule has 2 amide bonds. The van der Waals surface area contributed by atoms with E-state index in [1.54, 1.807) is 4.90 Å². The number of likely N-dealkylation sites (tertiary alicyclic amines) is 2. The minimum Gasteiger partial charge on any atom is -0.352 e. The summed E-state index contributed by atoms with van der Waals surface area (Å²) in [5.74, 6) is -0.0671. The van der Waals surface area contributed by atoms with Crippen molar-refractivity contribution in [2.75, 3.05) is 26.2 Å². The molecule has 5 nitrogen and oxygen atoms in total. The van der Waals surface area contributed by atoms with Crippen LogP contribution in [0.25, 0.3) is 0 Å². The molecular weight excluding hydrogens is 338 g/mol. The Morgan fingerprint density at radius 2 is 2.00 bits per heavy atom. The lowest BCUT2D eigenvalue weighted by molar-refractivity contribution is -0.136. The van der Waals surface area contributed by atoms with E-state index in [9.17, 15) is 9.59 Å². The quantitative estimate of drug-likeness (QED) is 0.874. The van der Waals surface area contributed by atoms with Crippen molar-refractivity contribution in [1.82, 2.24) is 15.1 Å². The Morgan fingerprint density at radius 1 is 1.24 bits per heavy atom. The summed E-state index contributed by atoms with van der Waals surface area (Å²) in [5.41, 5.74) is 1.13. The van der Waals surface area contributed by atoms with Crippen LogP contribution in [0.3, 0.4) is 0 Å². The third kappa shape index (κ3) is 4.33. The van der Waals surface area contributed by atoms with Crippen molar-refractivity contribution in [3.8, 4) is 0 Å². The molecule has 0 saturated carbocycles. The van der Waals surface area contributed by atoms with Gasteiger partial charge in [0.1, 0.15) is 6.04 Å². The maximum absolute atomic E-state index is 12.6. The summed E-state index contributed by atoms with van der Waals surface area (Å²) < 4.78 is 0. The number of hydrogen-bond acceptors (Lipinski definition) is 3. The minimum atomic E-state index is -0.323. The summed E-state index contributed by atoms with van der Waals surface area (Å²) in [5, 5.41) is 3.80. The van der Waals surface area contributed by atoms with Gasteiger partial charge in [-0.05, 0) is 56.5 Å². The summed E-state index contributed by atoms with van der Waals surface area (Å²) in [4.78, 5) is 28.4. The maximum atomic E-state index is 12.6. The molecule has 1 aromatic rings. The van der Waals surface area contributed by atoms with Gasteiger partial charge in [-0.15, -0.1) is 0 Å². The largest absolute Gasteiger partial charge is 0.352 e. The van der Waals surface area contributed by atoms with Crippen molar-refractivity contribution in [3.63, 3.8) is 0 Å². The Hall–Kier alpha value is -1.59. The Kier molecular flexibility index (Phi) is 5.97. The molecule has 1 aromatic carbocycles. The highest BCUT2D eigenvalue weighted by atomic mass is 35.5. The molecular formula is C19H26ClN3O2. The number of carbonyl (C=O) groups excluding carboxylic acids is 2. The van der Waals surface area contributed by atoms with E-state index in [1.165, 1.54) is 19.8 Å². The summed E-state index contributed by atoms with van der Waals surface area (Å²) in [7, 11) is 0. The first kappa shape index (κ1) is 18.2. The highest BCUT2D eigenvalue weighted by Gasteiger charge is 2.33. The standard InChI is InChI=1S/C19H26ClN3O2/c1-14(24)23-11-5-8-17(23)19(25)21-13-18(22-9-2-3-10-22)15-6-4-7-16(20)12-15/h4,6-7,12,17-18H,2-3,5,8-11,13H2,1H3,(H,21,25). The maximum Gasteiger partial charge on any atom is 0.242 e. The molecule has 6 heteroatoms. The second-order valence-electron chi connectivity index (χ2n) is 6.93. The van der Waals surface area contributed by atoms with Crippen LogP contribution in [-0.4, -0.2) is 53.8 Å². The van der Waals surface area contributed by atoms with Crippen LogP contribution < -0.4 is 5.32 Å². The van der Waals surface area contributed by atoms with Gasteiger partial charge in [-0.2, -0.15) is 0 Å². The van der Waals surface area contributed by atoms with Crippen LogP contribution in [0.4, 0.5) is 0 Å².